The highest BCUT2D eigenvalue weighted by atomic mass is 32.2. The molecular weight excluding hydrogens is 322 g/mol. The summed E-state index contributed by atoms with van der Waals surface area (Å²) in [5.74, 6) is -0.726. The summed E-state index contributed by atoms with van der Waals surface area (Å²) in [6.07, 6.45) is 1.08. The van der Waals surface area contributed by atoms with E-state index in [-0.39, 0.29) is 5.75 Å². The van der Waals surface area contributed by atoms with Crippen LogP contribution in [0.25, 0.3) is 0 Å². The lowest BCUT2D eigenvalue weighted by Crippen LogP contribution is -2.36. The maximum atomic E-state index is 11.6. The Balaban J connectivity index is 2.61. The lowest BCUT2D eigenvalue weighted by Gasteiger charge is -2.15. The van der Waals surface area contributed by atoms with Crippen LogP contribution in [0.3, 0.4) is 0 Å². The van der Waals surface area contributed by atoms with Crippen molar-refractivity contribution in [1.82, 2.24) is 9.62 Å². The first-order chi connectivity index (χ1) is 10.8. The van der Waals surface area contributed by atoms with Crippen LogP contribution in [0.4, 0.5) is 0 Å². The molecule has 0 aliphatic rings. The topological polar surface area (TPSA) is 122 Å². The highest BCUT2D eigenvalue weighted by Gasteiger charge is 2.17. The summed E-state index contributed by atoms with van der Waals surface area (Å²) in [5, 5.41) is 12.0. The molecule has 0 amide bonds. The first-order valence-electron chi connectivity index (χ1n) is 7.13. The van der Waals surface area contributed by atoms with Crippen LogP contribution in [0.5, 0.6) is 5.75 Å². The van der Waals surface area contributed by atoms with Crippen LogP contribution >= 0.6 is 0 Å². The second-order valence-electron chi connectivity index (χ2n) is 5.17. The maximum Gasteiger partial charge on any atom is 0.384 e. The summed E-state index contributed by atoms with van der Waals surface area (Å²) in [6, 6.07) is 5.73. The van der Waals surface area contributed by atoms with Gasteiger partial charge in [-0.1, -0.05) is 12.1 Å². The summed E-state index contributed by atoms with van der Waals surface area (Å²) in [7, 11) is -1.03. The number of benzene rings is 1. The minimum Gasteiger partial charge on any atom is -0.480 e. The lowest BCUT2D eigenvalue weighted by atomic mass is 10.1. The first-order valence-corrected chi connectivity index (χ1v) is 8.50. The molecule has 0 bridgehead atoms. The van der Waals surface area contributed by atoms with Gasteiger partial charge in [-0.05, 0) is 37.1 Å². The summed E-state index contributed by atoms with van der Waals surface area (Å²) in [4.78, 5) is 11.1. The van der Waals surface area contributed by atoms with Crippen molar-refractivity contribution < 1.29 is 22.5 Å². The van der Waals surface area contributed by atoms with Crippen molar-refractivity contribution in [2.24, 2.45) is 5.73 Å². The number of hydrogen-bond acceptors (Lipinski definition) is 6. The smallest absolute Gasteiger partial charge is 0.384 e. The second kappa shape index (κ2) is 8.82. The van der Waals surface area contributed by atoms with Gasteiger partial charge < -0.3 is 20.3 Å². The van der Waals surface area contributed by atoms with Gasteiger partial charge in [-0.25, -0.2) is 0 Å². The van der Waals surface area contributed by atoms with Gasteiger partial charge in [0, 0.05) is 20.6 Å². The molecule has 1 rings (SSSR count). The third-order valence-electron chi connectivity index (χ3n) is 3.12. The number of carboxylic acids is 1. The largest absolute Gasteiger partial charge is 0.480 e. The molecule has 1 atom stereocenters. The number of aliphatic carboxylic acids is 1. The predicted molar refractivity (Wildman–Crippen MR) is 86.2 cm³/mol. The number of nitrogens with one attached hydrogen (secondary N) is 1. The molecule has 9 heteroatoms. The molecule has 0 aliphatic heterocycles. The van der Waals surface area contributed by atoms with E-state index in [1.807, 2.05) is 0 Å². The van der Waals surface area contributed by atoms with Crippen LogP contribution in [0, 0.1) is 0 Å². The van der Waals surface area contributed by atoms with E-state index in [1.54, 1.807) is 12.1 Å². The van der Waals surface area contributed by atoms with Crippen LogP contribution in [0.1, 0.15) is 18.4 Å². The molecule has 130 valence electrons. The van der Waals surface area contributed by atoms with Crippen molar-refractivity contribution in [2.45, 2.75) is 25.4 Å². The molecule has 0 aliphatic carbocycles. The molecule has 0 unspecified atom stereocenters. The van der Waals surface area contributed by atoms with E-state index in [4.69, 9.17) is 15.0 Å². The highest BCUT2D eigenvalue weighted by Crippen LogP contribution is 2.15. The number of rotatable bonds is 10. The van der Waals surface area contributed by atoms with Gasteiger partial charge in [0.25, 0.3) is 0 Å². The summed E-state index contributed by atoms with van der Waals surface area (Å²) >= 11 is 0. The van der Waals surface area contributed by atoms with E-state index in [0.717, 1.165) is 9.87 Å². The number of carbonyl (C=O) groups is 1. The molecular formula is C14H23N3O5S. The molecule has 4 N–H and O–H groups in total. The van der Waals surface area contributed by atoms with E-state index < -0.39 is 22.3 Å². The predicted octanol–water partition coefficient (Wildman–Crippen LogP) is 0.154. The van der Waals surface area contributed by atoms with Gasteiger partial charge in [0.05, 0.1) is 0 Å². The number of nitrogens with two attached hydrogens (primary N) is 1. The van der Waals surface area contributed by atoms with Crippen molar-refractivity contribution in [3.63, 3.8) is 0 Å². The fraction of sp³-hybridized carbons (Fsp3) is 0.500. The summed E-state index contributed by atoms with van der Waals surface area (Å²) < 4.78 is 29.1. The zero-order chi connectivity index (χ0) is 17.5. The van der Waals surface area contributed by atoms with Crippen LogP contribution in [-0.4, -0.2) is 50.5 Å². The average Bonchev–Trinajstić information content (AvgIpc) is 2.48. The zero-order valence-electron chi connectivity index (χ0n) is 13.2. The van der Waals surface area contributed by atoms with E-state index in [0.29, 0.717) is 25.9 Å². The molecule has 23 heavy (non-hydrogen) atoms. The van der Waals surface area contributed by atoms with Crippen LogP contribution in [0.15, 0.2) is 24.3 Å². The van der Waals surface area contributed by atoms with Crippen molar-refractivity contribution in [3.05, 3.63) is 29.8 Å². The minimum absolute atomic E-state index is 0.195. The van der Waals surface area contributed by atoms with Gasteiger partial charge in [-0.15, -0.1) is 0 Å². The zero-order valence-corrected chi connectivity index (χ0v) is 14.0. The van der Waals surface area contributed by atoms with Crippen molar-refractivity contribution >= 4 is 16.3 Å². The normalized spacial score (nSPS) is 13.0. The van der Waals surface area contributed by atoms with Crippen molar-refractivity contribution in [1.29, 1.82) is 0 Å². The van der Waals surface area contributed by atoms with E-state index in [2.05, 4.69) is 5.32 Å². The molecule has 0 heterocycles. The summed E-state index contributed by atoms with van der Waals surface area (Å²) in [5.41, 5.74) is 6.20. The Labute approximate surface area is 136 Å². The van der Waals surface area contributed by atoms with Crippen LogP contribution in [-0.2, 0) is 21.6 Å². The Morgan fingerprint density at radius 3 is 2.43 bits per heavy atom. The van der Waals surface area contributed by atoms with E-state index in [1.165, 1.54) is 26.2 Å². The van der Waals surface area contributed by atoms with Gasteiger partial charge in [-0.2, -0.15) is 12.7 Å². The van der Waals surface area contributed by atoms with Gasteiger partial charge in [0.2, 0.25) is 0 Å². The van der Waals surface area contributed by atoms with Crippen LogP contribution < -0.4 is 15.2 Å². The fourth-order valence-corrected chi connectivity index (χ4v) is 2.24. The lowest BCUT2D eigenvalue weighted by molar-refractivity contribution is -0.139. The van der Waals surface area contributed by atoms with Gasteiger partial charge >= 0.3 is 16.3 Å². The number of hydrogen-bond donors (Lipinski definition) is 3. The summed E-state index contributed by atoms with van der Waals surface area (Å²) in [6.45, 7) is 0.792. The molecule has 0 radical (unpaired) electrons. The Hall–Kier alpha value is -1.68. The Kier molecular flexibility index (Phi) is 7.43. The Morgan fingerprint density at radius 1 is 1.35 bits per heavy atom. The Bertz CT molecular complexity index is 601. The maximum absolute atomic E-state index is 11.6. The molecule has 8 nitrogen and oxygen atoms in total. The number of nitrogens with zero attached hydrogens (tertiary/aromatic N) is 1. The SMILES string of the molecule is CN(C)S(=O)(=O)Oc1ccc(CN[C@@H](CCCN)C(=O)O)cc1. The fourth-order valence-electron chi connectivity index (χ4n) is 1.73. The third kappa shape index (κ3) is 6.53. The number of carboxylic acid groups (broad SMARTS) is 1. The second-order valence-corrected chi connectivity index (χ2v) is 6.92. The molecule has 0 saturated carbocycles. The van der Waals surface area contributed by atoms with Crippen molar-refractivity contribution in [3.8, 4) is 5.75 Å². The molecule has 1 aromatic rings. The highest BCUT2D eigenvalue weighted by molar-refractivity contribution is 7.84. The van der Waals surface area contributed by atoms with Crippen LogP contribution in [0.2, 0.25) is 0 Å². The molecule has 0 fully saturated rings. The van der Waals surface area contributed by atoms with E-state index >= 15 is 0 Å². The van der Waals surface area contributed by atoms with Crippen molar-refractivity contribution in [2.75, 3.05) is 20.6 Å². The average molecular weight is 345 g/mol. The molecule has 0 spiro atoms. The van der Waals surface area contributed by atoms with E-state index in [9.17, 15) is 13.2 Å². The molecule has 1 aromatic carbocycles. The van der Waals surface area contributed by atoms with Gasteiger partial charge in [0.1, 0.15) is 11.8 Å². The molecule has 0 aromatic heterocycles. The van der Waals surface area contributed by atoms with Gasteiger partial charge in [0.15, 0.2) is 0 Å². The quantitative estimate of drug-likeness (QED) is 0.552. The Morgan fingerprint density at radius 2 is 1.96 bits per heavy atom. The van der Waals surface area contributed by atoms with Gasteiger partial charge in [-0.3, -0.25) is 4.79 Å². The minimum atomic E-state index is -3.78. The molecule has 0 saturated heterocycles. The standard InChI is InChI=1S/C14H23N3O5S/c1-17(2)23(20,21)22-12-7-5-11(6-8-12)10-16-13(14(18)19)4-3-9-15/h5-8,13,16H,3-4,9-10,15H2,1-2H3,(H,18,19)/t13-/m0/s1. The first kappa shape index (κ1) is 19.4. The monoisotopic (exact) mass is 345 g/mol. The third-order valence-corrected chi connectivity index (χ3v) is 4.42.